The number of piperidine rings is 1. The molecule has 184 valence electrons. The molecule has 34 heavy (non-hydrogen) atoms. The first-order chi connectivity index (χ1) is 16.4. The van der Waals surface area contributed by atoms with Crippen LogP contribution in [0.3, 0.4) is 0 Å². The van der Waals surface area contributed by atoms with E-state index in [0.29, 0.717) is 19.4 Å². The molecule has 9 heteroatoms. The van der Waals surface area contributed by atoms with Crippen LogP contribution in [0.4, 0.5) is 4.39 Å². The van der Waals surface area contributed by atoms with Crippen LogP contribution in [0.5, 0.6) is 0 Å². The Balaban J connectivity index is 1.22. The van der Waals surface area contributed by atoms with Gasteiger partial charge < -0.3 is 10.1 Å². The minimum absolute atomic E-state index is 0.0523. The van der Waals surface area contributed by atoms with Gasteiger partial charge in [0.2, 0.25) is 15.9 Å². The van der Waals surface area contributed by atoms with Crippen LogP contribution in [0, 0.1) is 11.7 Å². The predicted molar refractivity (Wildman–Crippen MR) is 128 cm³/mol. The second kappa shape index (κ2) is 11.4. The Morgan fingerprint density at radius 3 is 2.29 bits per heavy atom. The molecule has 2 aliphatic rings. The predicted octanol–water partition coefficient (Wildman–Crippen LogP) is 2.52. The van der Waals surface area contributed by atoms with Gasteiger partial charge in [-0.1, -0.05) is 42.5 Å². The maximum atomic E-state index is 13.9. The number of benzene rings is 2. The van der Waals surface area contributed by atoms with Gasteiger partial charge in [0.15, 0.2) is 0 Å². The lowest BCUT2D eigenvalue weighted by Gasteiger charge is -2.30. The van der Waals surface area contributed by atoms with E-state index < -0.39 is 15.8 Å². The normalized spacial score (nSPS) is 18.6. The zero-order valence-corrected chi connectivity index (χ0v) is 20.1. The van der Waals surface area contributed by atoms with Gasteiger partial charge in [-0.15, -0.1) is 0 Å². The number of ether oxygens (including phenoxy) is 1. The van der Waals surface area contributed by atoms with E-state index in [1.807, 2.05) is 12.1 Å². The quantitative estimate of drug-likeness (QED) is 0.617. The number of hydrogen-bond acceptors (Lipinski definition) is 5. The van der Waals surface area contributed by atoms with Crippen LogP contribution in [-0.4, -0.2) is 62.9 Å². The number of halogens is 1. The number of nitrogens with one attached hydrogen (secondary N) is 1. The summed E-state index contributed by atoms with van der Waals surface area (Å²) < 4.78 is 46.0. The molecule has 0 radical (unpaired) electrons. The molecule has 2 aromatic carbocycles. The third kappa shape index (κ3) is 6.63. The van der Waals surface area contributed by atoms with Gasteiger partial charge in [-0.05, 0) is 30.0 Å². The molecule has 7 nitrogen and oxygen atoms in total. The van der Waals surface area contributed by atoms with Gasteiger partial charge in [0, 0.05) is 50.7 Å². The smallest absolute Gasteiger partial charge is 0.223 e. The summed E-state index contributed by atoms with van der Waals surface area (Å²) >= 11 is 0. The third-order valence-electron chi connectivity index (χ3n) is 6.51. The van der Waals surface area contributed by atoms with Crippen LogP contribution in [0.25, 0.3) is 0 Å². The van der Waals surface area contributed by atoms with Gasteiger partial charge in [0.1, 0.15) is 5.82 Å². The molecule has 2 aliphatic heterocycles. The molecule has 4 rings (SSSR count). The monoisotopic (exact) mass is 489 g/mol. The van der Waals surface area contributed by atoms with E-state index in [4.69, 9.17) is 4.74 Å². The van der Waals surface area contributed by atoms with E-state index in [2.05, 4.69) is 22.3 Å². The molecule has 2 aromatic rings. The van der Waals surface area contributed by atoms with Crippen molar-refractivity contribution in [3.05, 3.63) is 71.0 Å². The topological polar surface area (TPSA) is 79.0 Å². The van der Waals surface area contributed by atoms with Crippen LogP contribution in [0.2, 0.25) is 0 Å². The van der Waals surface area contributed by atoms with Crippen molar-refractivity contribution in [2.75, 3.05) is 39.4 Å². The van der Waals surface area contributed by atoms with Crippen molar-refractivity contribution >= 4 is 15.9 Å². The third-order valence-corrected chi connectivity index (χ3v) is 8.34. The molecule has 0 atom stereocenters. The number of hydrogen-bond donors (Lipinski definition) is 1. The number of carbonyl (C=O) groups is 1. The molecule has 2 heterocycles. The average molecular weight is 490 g/mol. The molecule has 0 aromatic heterocycles. The number of rotatable bonds is 8. The van der Waals surface area contributed by atoms with E-state index in [1.165, 1.54) is 28.1 Å². The number of sulfonamides is 1. The summed E-state index contributed by atoms with van der Waals surface area (Å²) in [4.78, 5) is 15.0. The fraction of sp³-hybridized carbons (Fsp3) is 0.480. The number of amides is 1. The maximum Gasteiger partial charge on any atom is 0.223 e. The maximum absolute atomic E-state index is 13.9. The number of nitrogens with zero attached hydrogens (tertiary/aromatic N) is 2. The second-order valence-electron chi connectivity index (χ2n) is 8.94. The Hall–Kier alpha value is -2.33. The summed E-state index contributed by atoms with van der Waals surface area (Å²) in [5, 5.41) is 2.99. The highest BCUT2D eigenvalue weighted by Crippen LogP contribution is 2.23. The zero-order valence-electron chi connectivity index (χ0n) is 19.3. The lowest BCUT2D eigenvalue weighted by atomic mass is 9.97. The largest absolute Gasteiger partial charge is 0.379 e. The average Bonchev–Trinajstić information content (AvgIpc) is 2.85. The Morgan fingerprint density at radius 1 is 0.971 bits per heavy atom. The Morgan fingerprint density at radius 2 is 1.62 bits per heavy atom. The van der Waals surface area contributed by atoms with E-state index in [0.717, 1.165) is 38.4 Å². The highest BCUT2D eigenvalue weighted by Gasteiger charge is 2.31. The standard InChI is InChI=1S/C25H32FN3O4S/c26-24-4-2-1-3-23(24)19-34(31,32)29-11-9-22(10-12-29)25(30)27-17-20-5-7-21(8-6-20)18-28-13-15-33-16-14-28/h1-8,22H,9-19H2,(H,27,30). The van der Waals surface area contributed by atoms with Crippen molar-refractivity contribution in [1.29, 1.82) is 0 Å². The molecular weight excluding hydrogens is 457 g/mol. The highest BCUT2D eigenvalue weighted by atomic mass is 32.2. The molecular formula is C25H32FN3O4S. The van der Waals surface area contributed by atoms with Crippen molar-refractivity contribution in [3.63, 3.8) is 0 Å². The van der Waals surface area contributed by atoms with E-state index in [1.54, 1.807) is 6.07 Å². The van der Waals surface area contributed by atoms with Crippen LogP contribution >= 0.6 is 0 Å². The highest BCUT2D eigenvalue weighted by molar-refractivity contribution is 7.88. The van der Waals surface area contributed by atoms with Crippen molar-refractivity contribution in [1.82, 2.24) is 14.5 Å². The lowest BCUT2D eigenvalue weighted by molar-refractivity contribution is -0.126. The van der Waals surface area contributed by atoms with Crippen LogP contribution in [0.15, 0.2) is 48.5 Å². The molecule has 0 aliphatic carbocycles. The van der Waals surface area contributed by atoms with Crippen molar-refractivity contribution in [2.45, 2.75) is 31.7 Å². The number of carbonyl (C=O) groups excluding carboxylic acids is 1. The van der Waals surface area contributed by atoms with Gasteiger partial charge in [0.05, 0.1) is 19.0 Å². The summed E-state index contributed by atoms with van der Waals surface area (Å²) in [6, 6.07) is 14.2. The van der Waals surface area contributed by atoms with Crippen LogP contribution in [0.1, 0.15) is 29.5 Å². The first-order valence-corrected chi connectivity index (χ1v) is 13.4. The van der Waals surface area contributed by atoms with Gasteiger partial charge in [-0.25, -0.2) is 17.1 Å². The SMILES string of the molecule is O=C(NCc1ccc(CN2CCOCC2)cc1)C1CCN(S(=O)(=O)Cc2ccccc2F)CC1. The molecule has 1 amide bonds. The molecule has 2 fully saturated rings. The fourth-order valence-electron chi connectivity index (χ4n) is 4.41. The first kappa shape index (κ1) is 24.8. The van der Waals surface area contributed by atoms with Crippen molar-refractivity contribution < 1.29 is 22.3 Å². The van der Waals surface area contributed by atoms with Gasteiger partial charge in [-0.3, -0.25) is 9.69 Å². The minimum Gasteiger partial charge on any atom is -0.379 e. The van der Waals surface area contributed by atoms with Crippen LogP contribution in [-0.2, 0) is 38.4 Å². The minimum atomic E-state index is -3.63. The van der Waals surface area contributed by atoms with E-state index in [9.17, 15) is 17.6 Å². The summed E-state index contributed by atoms with van der Waals surface area (Å²) in [5.74, 6) is -1.16. The zero-order chi connectivity index (χ0) is 24.0. The molecule has 0 unspecified atom stereocenters. The molecule has 2 saturated heterocycles. The Kier molecular flexibility index (Phi) is 8.31. The van der Waals surface area contributed by atoms with E-state index in [-0.39, 0.29) is 36.2 Å². The molecule has 1 N–H and O–H groups in total. The van der Waals surface area contributed by atoms with Crippen LogP contribution < -0.4 is 5.32 Å². The van der Waals surface area contributed by atoms with E-state index >= 15 is 0 Å². The second-order valence-corrected chi connectivity index (χ2v) is 10.9. The summed E-state index contributed by atoms with van der Waals surface area (Å²) in [7, 11) is -3.63. The molecule has 0 spiro atoms. The fourth-order valence-corrected chi connectivity index (χ4v) is 5.99. The van der Waals surface area contributed by atoms with Gasteiger partial charge in [-0.2, -0.15) is 0 Å². The van der Waals surface area contributed by atoms with Gasteiger partial charge in [0.25, 0.3) is 0 Å². The summed E-state index contributed by atoms with van der Waals surface area (Å²) in [6.07, 6.45) is 0.918. The first-order valence-electron chi connectivity index (χ1n) is 11.8. The summed E-state index contributed by atoms with van der Waals surface area (Å²) in [5.41, 5.74) is 2.43. The van der Waals surface area contributed by atoms with Crippen molar-refractivity contribution in [2.24, 2.45) is 5.92 Å². The summed E-state index contributed by atoms with van der Waals surface area (Å²) in [6.45, 7) is 5.33. The molecule has 0 saturated carbocycles. The Labute approximate surface area is 200 Å². The molecule has 0 bridgehead atoms. The lowest BCUT2D eigenvalue weighted by Crippen LogP contribution is -2.43. The Bertz CT molecular complexity index is 1060. The van der Waals surface area contributed by atoms with Crippen molar-refractivity contribution in [3.8, 4) is 0 Å². The number of morpholine rings is 1. The van der Waals surface area contributed by atoms with Gasteiger partial charge >= 0.3 is 0 Å².